The van der Waals surface area contributed by atoms with E-state index in [-0.39, 0.29) is 0 Å². The zero-order chi connectivity index (χ0) is 45.4. The van der Waals surface area contributed by atoms with Gasteiger partial charge in [-0.25, -0.2) is 4.99 Å². The van der Waals surface area contributed by atoms with Crippen LogP contribution in [0.25, 0.3) is 22.3 Å². The summed E-state index contributed by atoms with van der Waals surface area (Å²) in [5.41, 5.74) is 20.5. The van der Waals surface area contributed by atoms with Crippen LogP contribution >= 0.6 is 11.8 Å². The van der Waals surface area contributed by atoms with Gasteiger partial charge in [0.2, 0.25) is 0 Å². The van der Waals surface area contributed by atoms with E-state index >= 15 is 0 Å². The van der Waals surface area contributed by atoms with Crippen molar-refractivity contribution in [2.24, 2.45) is 9.98 Å². The van der Waals surface area contributed by atoms with Crippen molar-refractivity contribution in [3.8, 4) is 35.1 Å². The van der Waals surface area contributed by atoms with Crippen molar-refractivity contribution >= 4 is 23.3 Å². The van der Waals surface area contributed by atoms with Crippen LogP contribution in [0.5, 0.6) is 0 Å². The van der Waals surface area contributed by atoms with Crippen molar-refractivity contribution in [2.45, 2.75) is 71.2 Å². The van der Waals surface area contributed by atoms with E-state index in [4.69, 9.17) is 9.98 Å². The summed E-state index contributed by atoms with van der Waals surface area (Å²) in [6.07, 6.45) is 8.99. The van der Waals surface area contributed by atoms with Gasteiger partial charge in [-0.2, -0.15) is 0 Å². The van der Waals surface area contributed by atoms with Crippen molar-refractivity contribution in [3.63, 3.8) is 0 Å². The van der Waals surface area contributed by atoms with Crippen LogP contribution in [0.4, 0.5) is 0 Å². The van der Waals surface area contributed by atoms with E-state index < -0.39 is 0 Å². The van der Waals surface area contributed by atoms with Crippen LogP contribution < -0.4 is 0 Å². The van der Waals surface area contributed by atoms with E-state index in [1.165, 1.54) is 87.7 Å². The van der Waals surface area contributed by atoms with Crippen LogP contribution in [0.15, 0.2) is 208 Å². The smallest absolute Gasteiger partial charge is 0.155 e. The quantitative estimate of drug-likeness (QED) is 0.0891. The Kier molecular flexibility index (Phi) is 16.7. The predicted molar refractivity (Wildman–Crippen MR) is 277 cm³/mol. The van der Waals surface area contributed by atoms with E-state index in [1.807, 2.05) is 48.2 Å². The van der Waals surface area contributed by atoms with Gasteiger partial charge in [0.1, 0.15) is 0 Å². The minimum Gasteiger partial charge on any atom is -0.261 e. The number of terminal acetylenes is 1. The van der Waals surface area contributed by atoms with Crippen molar-refractivity contribution in [1.82, 2.24) is 0 Å². The molecule has 0 radical (unpaired) electrons. The fraction of sp³-hybridized carbons (Fsp3) is 0.148. The lowest BCUT2D eigenvalue weighted by atomic mass is 9.94. The molecule has 0 bridgehead atoms. The zero-order valence-electron chi connectivity index (χ0n) is 38.3. The normalized spacial score (nSPS) is 11.4. The van der Waals surface area contributed by atoms with Crippen LogP contribution in [0.1, 0.15) is 68.1 Å². The molecule has 8 aromatic rings. The van der Waals surface area contributed by atoms with Gasteiger partial charge in [0.25, 0.3) is 0 Å². The molecule has 1 aliphatic carbocycles. The first-order chi connectivity index (χ1) is 31.2. The molecule has 0 aliphatic heterocycles. The number of rotatable bonds is 7. The summed E-state index contributed by atoms with van der Waals surface area (Å²) < 4.78 is 0. The van der Waals surface area contributed by atoms with Crippen LogP contribution in [0.2, 0.25) is 0 Å². The molecule has 0 saturated heterocycles. The summed E-state index contributed by atoms with van der Waals surface area (Å²) in [7, 11) is 0. The first kappa shape index (κ1) is 46.5. The molecule has 0 spiro atoms. The minimum atomic E-state index is 0.610. The van der Waals surface area contributed by atoms with Gasteiger partial charge in [-0.05, 0) is 128 Å². The summed E-state index contributed by atoms with van der Waals surface area (Å²) in [4.78, 5) is 12.7. The van der Waals surface area contributed by atoms with Gasteiger partial charge < -0.3 is 0 Å². The topological polar surface area (TPSA) is 24.7 Å². The highest BCUT2D eigenvalue weighted by Gasteiger charge is 2.22. The second kappa shape index (κ2) is 22.9. The minimum absolute atomic E-state index is 0.610. The van der Waals surface area contributed by atoms with Crippen molar-refractivity contribution < 1.29 is 0 Å². The van der Waals surface area contributed by atoms with Gasteiger partial charge in [-0.3, -0.25) is 4.99 Å². The second-order valence-corrected chi connectivity index (χ2v) is 17.1. The Hall–Kier alpha value is -6.99. The maximum atomic E-state index is 5.07. The zero-order valence-corrected chi connectivity index (χ0v) is 39.1. The van der Waals surface area contributed by atoms with E-state index in [1.54, 1.807) is 0 Å². The largest absolute Gasteiger partial charge is 0.261 e. The predicted octanol–water partition coefficient (Wildman–Crippen LogP) is 16.0. The number of benzene rings is 8. The molecule has 0 heterocycles. The molecule has 0 fully saturated rings. The first-order valence-corrected chi connectivity index (χ1v) is 22.6. The molecular weight excluding hydrogens is 793 g/mol. The third-order valence-electron chi connectivity index (χ3n) is 11.4. The molecule has 0 unspecified atom stereocenters. The molecule has 2 nitrogen and oxygen atoms in total. The molecule has 0 atom stereocenters. The first-order valence-electron chi connectivity index (χ1n) is 21.8. The van der Waals surface area contributed by atoms with Crippen LogP contribution in [0, 0.1) is 54.4 Å². The maximum Gasteiger partial charge on any atom is 0.155 e. The van der Waals surface area contributed by atoms with Gasteiger partial charge in [-0.1, -0.05) is 199 Å². The fourth-order valence-electron chi connectivity index (χ4n) is 7.86. The Labute approximate surface area is 386 Å². The molecule has 3 heteroatoms. The van der Waals surface area contributed by atoms with Gasteiger partial charge in [0.05, 0.1) is 6.54 Å². The van der Waals surface area contributed by atoms with Gasteiger partial charge in [-0.15, -0.1) is 12.8 Å². The molecule has 0 aromatic heterocycles. The molecule has 0 amide bonds. The number of amidine groups is 1. The molecular formula is C61H58N2S. The van der Waals surface area contributed by atoms with Gasteiger partial charge >= 0.3 is 0 Å². The van der Waals surface area contributed by atoms with E-state index in [9.17, 15) is 0 Å². The van der Waals surface area contributed by atoms with Crippen molar-refractivity contribution in [2.75, 3.05) is 0 Å². The number of aliphatic imine (C=N–C) groups is 2. The van der Waals surface area contributed by atoms with E-state index in [0.29, 0.717) is 6.54 Å². The molecule has 0 N–H and O–H groups in total. The lowest BCUT2D eigenvalue weighted by molar-refractivity contribution is 1.06. The van der Waals surface area contributed by atoms with Crippen molar-refractivity contribution in [3.05, 3.63) is 249 Å². The standard InChI is InChI=1S/C30H26N2.C22H22S.C7H8.C2H2/c1-21-10-8-11-23(18-21)20-31-30(24-12-4-3-5-13-24)32-22(2)27-17-9-15-26-19-25-14-6-7-16-28(25)29(26)27;1-15-9-5-7-11-19(15)20-13-14-22(18(4)17(20)3)23-21-12-8-6-10-16(21)2;1-7-5-3-2-4-6-7;1-2/h3-18H,19-20H2,1-2H3;5-14H,1-4H3;2-6H,1H3;1-2H. The number of fused-ring (bicyclic) bond motifs is 3. The average molecular weight is 851 g/mol. The maximum absolute atomic E-state index is 5.07. The molecule has 1 aliphatic rings. The SMILES string of the molecule is C#C.CC(=NC(=NCc1cccc(C)c1)c1ccccc1)c1cccc2c1-c1ccccc1C2.Cc1ccccc1.Cc1ccccc1Sc1ccc(-c2ccccc2C)c(C)c1C. The summed E-state index contributed by atoms with van der Waals surface area (Å²) in [6.45, 7) is 15.7. The summed E-state index contributed by atoms with van der Waals surface area (Å²) in [5.74, 6) is 0.772. The molecule has 8 aromatic carbocycles. The number of hydrogen-bond donors (Lipinski definition) is 0. The highest BCUT2D eigenvalue weighted by atomic mass is 32.2. The van der Waals surface area contributed by atoms with E-state index in [2.05, 4.69) is 213 Å². The number of nitrogens with zero attached hydrogens (tertiary/aromatic N) is 2. The monoisotopic (exact) mass is 850 g/mol. The summed E-state index contributed by atoms with van der Waals surface area (Å²) in [6, 6.07) is 66.0. The lowest BCUT2D eigenvalue weighted by Gasteiger charge is -2.15. The molecule has 9 rings (SSSR count). The Balaban J connectivity index is 0.000000185. The average Bonchev–Trinajstić information content (AvgIpc) is 3.71. The summed E-state index contributed by atoms with van der Waals surface area (Å²) >= 11 is 1.86. The Morgan fingerprint density at radius 2 is 1.09 bits per heavy atom. The number of hydrogen-bond acceptors (Lipinski definition) is 2. The molecule has 64 heavy (non-hydrogen) atoms. The van der Waals surface area contributed by atoms with Gasteiger partial charge in [0, 0.05) is 26.6 Å². The van der Waals surface area contributed by atoms with Gasteiger partial charge in [0.15, 0.2) is 5.84 Å². The van der Waals surface area contributed by atoms with Crippen LogP contribution in [0.3, 0.4) is 0 Å². The third-order valence-corrected chi connectivity index (χ3v) is 12.8. The third kappa shape index (κ3) is 11.9. The van der Waals surface area contributed by atoms with Crippen molar-refractivity contribution in [1.29, 1.82) is 0 Å². The molecule has 318 valence electrons. The lowest BCUT2D eigenvalue weighted by Crippen LogP contribution is -2.06. The summed E-state index contributed by atoms with van der Waals surface area (Å²) in [5, 5.41) is 0. The Bertz CT molecular complexity index is 2880. The van der Waals surface area contributed by atoms with Crippen LogP contribution in [-0.4, -0.2) is 11.5 Å². The Morgan fingerprint density at radius 3 is 1.77 bits per heavy atom. The second-order valence-electron chi connectivity index (χ2n) is 16.1. The molecule has 0 saturated carbocycles. The number of aryl methyl sites for hydroxylation is 4. The Morgan fingerprint density at radius 1 is 0.500 bits per heavy atom. The fourth-order valence-corrected chi connectivity index (χ4v) is 8.92. The highest BCUT2D eigenvalue weighted by Crippen LogP contribution is 2.40. The van der Waals surface area contributed by atoms with E-state index in [0.717, 1.165) is 23.5 Å². The van der Waals surface area contributed by atoms with Crippen LogP contribution in [-0.2, 0) is 13.0 Å². The highest BCUT2D eigenvalue weighted by molar-refractivity contribution is 7.99.